The molecular formula is C25H33Cl2N3O4S. The number of anilines is 1. The molecule has 0 aliphatic rings. The molecule has 1 unspecified atom stereocenters. The van der Waals surface area contributed by atoms with Gasteiger partial charge in [0, 0.05) is 13.1 Å². The van der Waals surface area contributed by atoms with Gasteiger partial charge in [0.25, 0.3) is 0 Å². The first kappa shape index (κ1) is 28.9. The van der Waals surface area contributed by atoms with Crippen LogP contribution in [0.15, 0.2) is 42.5 Å². The SMILES string of the molecule is CCC(C(=O)NCC(C)C)N(Cc1ccc(Cl)c(Cl)c1)C(=O)CN(c1ccccc1C)S(C)(=O)=O. The van der Waals surface area contributed by atoms with Crippen molar-refractivity contribution in [3.8, 4) is 0 Å². The number of nitrogens with zero attached hydrogens (tertiary/aromatic N) is 2. The van der Waals surface area contributed by atoms with Crippen molar-refractivity contribution in [1.29, 1.82) is 0 Å². The van der Waals surface area contributed by atoms with Crippen molar-refractivity contribution in [3.63, 3.8) is 0 Å². The van der Waals surface area contributed by atoms with Gasteiger partial charge < -0.3 is 10.2 Å². The van der Waals surface area contributed by atoms with E-state index in [-0.39, 0.29) is 18.4 Å². The number of carbonyl (C=O) groups excluding carboxylic acids is 2. The molecule has 7 nitrogen and oxygen atoms in total. The average molecular weight is 543 g/mol. The van der Waals surface area contributed by atoms with Crippen LogP contribution in [0.2, 0.25) is 10.0 Å². The molecule has 2 aromatic rings. The Bertz CT molecular complexity index is 1160. The lowest BCUT2D eigenvalue weighted by Crippen LogP contribution is -2.52. The largest absolute Gasteiger partial charge is 0.354 e. The second-order valence-corrected chi connectivity index (χ2v) is 11.6. The Labute approximate surface area is 218 Å². The molecule has 0 bridgehead atoms. The van der Waals surface area contributed by atoms with Crippen molar-refractivity contribution < 1.29 is 18.0 Å². The smallest absolute Gasteiger partial charge is 0.244 e. The van der Waals surface area contributed by atoms with Gasteiger partial charge in [0.15, 0.2) is 0 Å². The fourth-order valence-corrected chi connectivity index (χ4v) is 4.84. The van der Waals surface area contributed by atoms with Crippen LogP contribution >= 0.6 is 23.2 Å². The highest BCUT2D eigenvalue weighted by Gasteiger charge is 2.32. The third kappa shape index (κ3) is 8.12. The van der Waals surface area contributed by atoms with E-state index in [0.717, 1.165) is 10.6 Å². The Morgan fingerprint density at radius 3 is 2.26 bits per heavy atom. The van der Waals surface area contributed by atoms with Gasteiger partial charge in [-0.15, -0.1) is 0 Å². The minimum Gasteiger partial charge on any atom is -0.354 e. The Morgan fingerprint density at radius 2 is 1.71 bits per heavy atom. The van der Waals surface area contributed by atoms with E-state index in [1.807, 2.05) is 20.8 Å². The summed E-state index contributed by atoms with van der Waals surface area (Å²) in [5, 5.41) is 3.59. The van der Waals surface area contributed by atoms with Crippen LogP contribution in [0.25, 0.3) is 0 Å². The van der Waals surface area contributed by atoms with Gasteiger partial charge in [0.2, 0.25) is 21.8 Å². The van der Waals surface area contributed by atoms with Crippen molar-refractivity contribution in [2.24, 2.45) is 5.92 Å². The molecular weight excluding hydrogens is 509 g/mol. The van der Waals surface area contributed by atoms with Crippen LogP contribution in [0.1, 0.15) is 38.3 Å². The normalized spacial score (nSPS) is 12.3. The number of para-hydroxylation sites is 1. The second kappa shape index (κ2) is 12.6. The van der Waals surface area contributed by atoms with E-state index in [0.29, 0.717) is 39.8 Å². The third-order valence-electron chi connectivity index (χ3n) is 5.47. The van der Waals surface area contributed by atoms with E-state index in [4.69, 9.17) is 23.2 Å². The summed E-state index contributed by atoms with van der Waals surface area (Å²) >= 11 is 12.2. The van der Waals surface area contributed by atoms with Crippen LogP contribution in [0, 0.1) is 12.8 Å². The van der Waals surface area contributed by atoms with E-state index >= 15 is 0 Å². The van der Waals surface area contributed by atoms with Crippen LogP contribution in [-0.2, 0) is 26.2 Å². The molecule has 0 aliphatic carbocycles. The lowest BCUT2D eigenvalue weighted by molar-refractivity contribution is -0.140. The lowest BCUT2D eigenvalue weighted by Gasteiger charge is -2.33. The van der Waals surface area contributed by atoms with Gasteiger partial charge in [-0.3, -0.25) is 13.9 Å². The summed E-state index contributed by atoms with van der Waals surface area (Å²) in [5.41, 5.74) is 1.79. The van der Waals surface area contributed by atoms with Gasteiger partial charge >= 0.3 is 0 Å². The number of aryl methyl sites for hydroxylation is 1. The summed E-state index contributed by atoms with van der Waals surface area (Å²) in [6.45, 7) is 7.62. The van der Waals surface area contributed by atoms with Crippen LogP contribution in [0.5, 0.6) is 0 Å². The maximum absolute atomic E-state index is 13.7. The van der Waals surface area contributed by atoms with Gasteiger partial charge in [-0.25, -0.2) is 8.42 Å². The molecule has 0 aliphatic heterocycles. The third-order valence-corrected chi connectivity index (χ3v) is 7.34. The van der Waals surface area contributed by atoms with E-state index in [2.05, 4.69) is 5.32 Å². The van der Waals surface area contributed by atoms with E-state index in [1.54, 1.807) is 49.4 Å². The first-order valence-corrected chi connectivity index (χ1v) is 14.0. The molecule has 0 radical (unpaired) electrons. The Kier molecular flexibility index (Phi) is 10.4. The Morgan fingerprint density at radius 1 is 1.06 bits per heavy atom. The topological polar surface area (TPSA) is 86.8 Å². The fraction of sp³-hybridized carbons (Fsp3) is 0.440. The van der Waals surface area contributed by atoms with E-state index in [1.165, 1.54) is 4.90 Å². The van der Waals surface area contributed by atoms with Crippen molar-refractivity contribution in [2.75, 3.05) is 23.7 Å². The molecule has 1 atom stereocenters. The van der Waals surface area contributed by atoms with Crippen molar-refractivity contribution in [1.82, 2.24) is 10.2 Å². The Balaban J connectivity index is 2.46. The number of hydrogen-bond acceptors (Lipinski definition) is 4. The zero-order valence-corrected chi connectivity index (χ0v) is 23.0. The highest BCUT2D eigenvalue weighted by molar-refractivity contribution is 7.92. The van der Waals surface area contributed by atoms with Gasteiger partial charge in [-0.2, -0.15) is 0 Å². The zero-order valence-electron chi connectivity index (χ0n) is 20.7. The van der Waals surface area contributed by atoms with Crippen molar-refractivity contribution in [2.45, 2.75) is 46.7 Å². The molecule has 1 N–H and O–H groups in total. The van der Waals surface area contributed by atoms with Gasteiger partial charge in [-0.1, -0.05) is 68.2 Å². The van der Waals surface area contributed by atoms with E-state index in [9.17, 15) is 18.0 Å². The number of nitrogens with one attached hydrogen (secondary N) is 1. The predicted molar refractivity (Wildman–Crippen MR) is 142 cm³/mol. The summed E-state index contributed by atoms with van der Waals surface area (Å²) in [6, 6.07) is 11.1. The molecule has 0 aromatic heterocycles. The molecule has 2 rings (SSSR count). The second-order valence-electron chi connectivity index (χ2n) is 8.89. The lowest BCUT2D eigenvalue weighted by atomic mass is 10.1. The summed E-state index contributed by atoms with van der Waals surface area (Å²) < 4.78 is 26.4. The number of carbonyl (C=O) groups is 2. The van der Waals surface area contributed by atoms with Gasteiger partial charge in [0.05, 0.1) is 22.0 Å². The number of rotatable bonds is 11. The maximum atomic E-state index is 13.7. The maximum Gasteiger partial charge on any atom is 0.244 e. The number of sulfonamides is 1. The molecule has 10 heteroatoms. The Hall–Kier alpha value is -2.29. The van der Waals surface area contributed by atoms with Crippen LogP contribution in [0.4, 0.5) is 5.69 Å². The monoisotopic (exact) mass is 541 g/mol. The number of benzene rings is 2. The standard InChI is InChI=1S/C25H33Cl2N3O4S/c1-6-22(25(32)28-14-17(2)3)29(15-19-11-12-20(26)21(27)13-19)24(31)16-30(35(5,33)34)23-10-8-7-9-18(23)4/h7-13,17,22H,6,14-16H2,1-5H3,(H,28,32). The molecule has 35 heavy (non-hydrogen) atoms. The summed E-state index contributed by atoms with van der Waals surface area (Å²) in [6.07, 6.45) is 1.41. The molecule has 2 aromatic carbocycles. The fourth-order valence-electron chi connectivity index (χ4n) is 3.61. The van der Waals surface area contributed by atoms with Crippen LogP contribution in [-0.4, -0.2) is 50.5 Å². The van der Waals surface area contributed by atoms with Crippen molar-refractivity contribution >= 4 is 50.7 Å². The highest BCUT2D eigenvalue weighted by atomic mass is 35.5. The minimum atomic E-state index is -3.78. The van der Waals surface area contributed by atoms with Gasteiger partial charge in [0.1, 0.15) is 12.6 Å². The number of hydrogen-bond donors (Lipinski definition) is 1. The molecule has 0 saturated carbocycles. The van der Waals surface area contributed by atoms with Gasteiger partial charge in [-0.05, 0) is 48.6 Å². The van der Waals surface area contributed by atoms with Crippen LogP contribution in [0.3, 0.4) is 0 Å². The summed E-state index contributed by atoms with van der Waals surface area (Å²) in [4.78, 5) is 28.1. The van der Waals surface area contributed by atoms with Crippen LogP contribution < -0.4 is 9.62 Å². The summed E-state index contributed by atoms with van der Waals surface area (Å²) in [5.74, 6) is -0.565. The number of amides is 2. The predicted octanol–water partition coefficient (Wildman–Crippen LogP) is 4.65. The molecule has 0 heterocycles. The molecule has 0 saturated heterocycles. The highest BCUT2D eigenvalue weighted by Crippen LogP contribution is 2.25. The molecule has 192 valence electrons. The zero-order chi connectivity index (χ0) is 26.3. The first-order chi connectivity index (χ1) is 16.3. The quantitative estimate of drug-likeness (QED) is 0.448. The first-order valence-electron chi connectivity index (χ1n) is 11.4. The summed E-state index contributed by atoms with van der Waals surface area (Å²) in [7, 11) is -3.78. The van der Waals surface area contributed by atoms with Crippen molar-refractivity contribution in [3.05, 3.63) is 63.6 Å². The molecule has 0 spiro atoms. The molecule has 0 fully saturated rings. The average Bonchev–Trinajstić information content (AvgIpc) is 2.78. The van der Waals surface area contributed by atoms with E-state index < -0.39 is 28.5 Å². The minimum absolute atomic E-state index is 0.0642. The number of halogens is 2. The molecule has 2 amide bonds.